The van der Waals surface area contributed by atoms with Gasteiger partial charge in [0.2, 0.25) is 5.78 Å². The van der Waals surface area contributed by atoms with Gasteiger partial charge in [-0.15, -0.1) is 0 Å². The van der Waals surface area contributed by atoms with Crippen molar-refractivity contribution in [2.45, 2.75) is 6.92 Å². The number of fused-ring (bicyclic) bond motifs is 1. The van der Waals surface area contributed by atoms with Crippen molar-refractivity contribution in [1.82, 2.24) is 4.98 Å². The van der Waals surface area contributed by atoms with Crippen LogP contribution in [0.25, 0.3) is 11.3 Å². The van der Waals surface area contributed by atoms with Crippen molar-refractivity contribution >= 4 is 63.5 Å². The van der Waals surface area contributed by atoms with Gasteiger partial charge in [0.1, 0.15) is 5.76 Å². The van der Waals surface area contributed by atoms with Crippen molar-refractivity contribution in [2.24, 2.45) is 0 Å². The lowest BCUT2D eigenvalue weighted by molar-refractivity contribution is 0.105. The molecule has 0 spiro atoms. The van der Waals surface area contributed by atoms with Gasteiger partial charge in [-0.3, -0.25) is 9.78 Å². The van der Waals surface area contributed by atoms with Crippen molar-refractivity contribution in [2.75, 3.05) is 0 Å². The Bertz CT molecular complexity index is 874. The lowest BCUT2D eigenvalue weighted by atomic mass is 10.1. The second-order valence-electron chi connectivity index (χ2n) is 4.72. The molecule has 3 nitrogen and oxygen atoms in total. The molecule has 0 saturated carbocycles. The fraction of sp³-hybridized carbons (Fsp3) is 0.0667. The van der Waals surface area contributed by atoms with Gasteiger partial charge in [0.05, 0.1) is 42.5 Å². The second kappa shape index (κ2) is 5.43. The van der Waals surface area contributed by atoms with E-state index in [4.69, 9.17) is 46.4 Å². The molecule has 0 unspecified atom stereocenters. The molecule has 0 amide bonds. The number of ketones is 1. The smallest absolute Gasteiger partial charge is 0.201 e. The molecule has 1 N–H and O–H groups in total. The van der Waals surface area contributed by atoms with Crippen molar-refractivity contribution in [1.29, 1.82) is 0 Å². The Morgan fingerprint density at radius 3 is 2.14 bits per heavy atom. The highest BCUT2D eigenvalue weighted by molar-refractivity contribution is 6.56. The SMILES string of the molecule is Cc1cccc(C2=C(O)c3c(Cl)c(Cl)c(Cl)c(Cl)c3C2=O)n1. The number of benzene rings is 1. The van der Waals surface area contributed by atoms with E-state index in [0.717, 1.165) is 0 Å². The minimum Gasteiger partial charge on any atom is -0.506 e. The average Bonchev–Trinajstić information content (AvgIpc) is 2.74. The molecule has 1 aromatic heterocycles. The van der Waals surface area contributed by atoms with E-state index in [0.29, 0.717) is 11.4 Å². The summed E-state index contributed by atoms with van der Waals surface area (Å²) in [7, 11) is 0. The van der Waals surface area contributed by atoms with Crippen LogP contribution in [-0.4, -0.2) is 15.9 Å². The van der Waals surface area contributed by atoms with Gasteiger partial charge in [0.25, 0.3) is 0 Å². The number of allylic oxidation sites excluding steroid dienone is 1. The van der Waals surface area contributed by atoms with Crippen LogP contribution in [0.1, 0.15) is 27.3 Å². The normalized spacial score (nSPS) is 13.8. The third-order valence-corrected chi connectivity index (χ3v) is 5.14. The molecule has 0 saturated heterocycles. The van der Waals surface area contributed by atoms with Crippen molar-refractivity contribution in [3.05, 3.63) is 60.8 Å². The Balaban J connectivity index is 2.33. The summed E-state index contributed by atoms with van der Waals surface area (Å²) < 4.78 is 0. The molecule has 1 aliphatic carbocycles. The lowest BCUT2D eigenvalue weighted by Crippen LogP contribution is -2.02. The number of carbonyl (C=O) groups is 1. The summed E-state index contributed by atoms with van der Waals surface area (Å²) in [6, 6.07) is 5.13. The molecule has 1 heterocycles. The number of aliphatic hydroxyl groups is 1. The molecule has 0 atom stereocenters. The molecule has 0 fully saturated rings. The summed E-state index contributed by atoms with van der Waals surface area (Å²) in [6.07, 6.45) is 0. The Hall–Kier alpha value is -1.26. The zero-order chi connectivity index (χ0) is 16.2. The molecule has 112 valence electrons. The maximum Gasteiger partial charge on any atom is 0.201 e. The quantitative estimate of drug-likeness (QED) is 0.520. The van der Waals surface area contributed by atoms with Crippen LogP contribution < -0.4 is 0 Å². The fourth-order valence-electron chi connectivity index (χ4n) is 2.34. The summed E-state index contributed by atoms with van der Waals surface area (Å²) >= 11 is 24.2. The Morgan fingerprint density at radius 1 is 0.955 bits per heavy atom. The summed E-state index contributed by atoms with van der Waals surface area (Å²) in [4.78, 5) is 16.9. The number of halogens is 4. The molecule has 2 aromatic rings. The molecular formula is C15H7Cl4NO2. The number of hydrogen-bond acceptors (Lipinski definition) is 3. The van der Waals surface area contributed by atoms with Gasteiger partial charge in [0.15, 0.2) is 0 Å². The monoisotopic (exact) mass is 373 g/mol. The maximum atomic E-state index is 12.7. The molecule has 0 radical (unpaired) electrons. The van der Waals surface area contributed by atoms with Crippen LogP contribution in [0.3, 0.4) is 0 Å². The molecule has 22 heavy (non-hydrogen) atoms. The highest BCUT2D eigenvalue weighted by atomic mass is 35.5. The molecule has 1 aromatic carbocycles. The predicted molar refractivity (Wildman–Crippen MR) is 89.2 cm³/mol. The number of aromatic nitrogens is 1. The topological polar surface area (TPSA) is 50.2 Å². The number of rotatable bonds is 1. The number of nitrogens with zero attached hydrogens (tertiary/aromatic N) is 1. The standard InChI is InChI=1S/C15H7Cl4NO2/c1-5-3-2-4-6(20-5)7-14(21)8-9(15(7)22)11(17)13(19)12(18)10(8)16/h2-4,21H,1H3. The minimum absolute atomic E-state index is 0.00937. The van der Waals surface area contributed by atoms with Crippen molar-refractivity contribution < 1.29 is 9.90 Å². The van der Waals surface area contributed by atoms with E-state index in [1.807, 2.05) is 0 Å². The van der Waals surface area contributed by atoms with Gasteiger partial charge in [-0.05, 0) is 19.1 Å². The van der Waals surface area contributed by atoms with Crippen molar-refractivity contribution in [3.8, 4) is 0 Å². The number of hydrogen-bond donors (Lipinski definition) is 1. The average molecular weight is 375 g/mol. The van der Waals surface area contributed by atoms with Gasteiger partial charge >= 0.3 is 0 Å². The largest absolute Gasteiger partial charge is 0.506 e. The number of Topliss-reactive ketones (excluding diaryl/α,β-unsaturated/α-hetero) is 1. The van der Waals surface area contributed by atoms with Gasteiger partial charge in [-0.25, -0.2) is 0 Å². The van der Waals surface area contributed by atoms with Crippen LogP contribution in [0.5, 0.6) is 0 Å². The van der Waals surface area contributed by atoms with Gasteiger partial charge in [0, 0.05) is 5.69 Å². The number of aryl methyl sites for hydroxylation is 1. The lowest BCUT2D eigenvalue weighted by Gasteiger charge is -2.09. The second-order valence-corrected chi connectivity index (χ2v) is 6.23. The van der Waals surface area contributed by atoms with Gasteiger partial charge in [-0.2, -0.15) is 0 Å². The Kier molecular flexibility index (Phi) is 3.86. The first kappa shape index (κ1) is 15.6. The maximum absolute atomic E-state index is 12.7. The van der Waals surface area contributed by atoms with Crippen LogP contribution in [0.15, 0.2) is 18.2 Å². The summed E-state index contributed by atoms with van der Waals surface area (Å²) in [6.45, 7) is 1.78. The van der Waals surface area contributed by atoms with E-state index >= 15 is 0 Å². The van der Waals surface area contributed by atoms with Crippen LogP contribution >= 0.6 is 46.4 Å². The van der Waals surface area contributed by atoms with E-state index in [1.54, 1.807) is 25.1 Å². The summed E-state index contributed by atoms with van der Waals surface area (Å²) in [5.74, 6) is -0.792. The summed E-state index contributed by atoms with van der Waals surface area (Å²) in [5.41, 5.74) is 1.19. The van der Waals surface area contributed by atoms with Crippen LogP contribution in [0, 0.1) is 6.92 Å². The predicted octanol–water partition coefficient (Wildman–Crippen LogP) is 5.63. The molecule has 3 rings (SSSR count). The molecule has 1 aliphatic rings. The molecule has 7 heteroatoms. The van der Waals surface area contributed by atoms with Crippen LogP contribution in [0.2, 0.25) is 20.1 Å². The van der Waals surface area contributed by atoms with E-state index in [1.165, 1.54) is 0 Å². The van der Waals surface area contributed by atoms with Crippen LogP contribution in [0.4, 0.5) is 0 Å². The van der Waals surface area contributed by atoms with Crippen molar-refractivity contribution in [3.63, 3.8) is 0 Å². The van der Waals surface area contributed by atoms with E-state index in [2.05, 4.69) is 4.98 Å². The van der Waals surface area contributed by atoms with Gasteiger partial charge < -0.3 is 5.11 Å². The number of pyridine rings is 1. The highest BCUT2D eigenvalue weighted by Crippen LogP contribution is 2.49. The van der Waals surface area contributed by atoms with E-state index < -0.39 is 5.78 Å². The number of carbonyl (C=O) groups excluding carboxylic acids is 1. The summed E-state index contributed by atoms with van der Waals surface area (Å²) in [5, 5.41) is 10.4. The molecule has 0 aliphatic heterocycles. The molecule has 0 bridgehead atoms. The third kappa shape index (κ3) is 2.12. The first-order valence-electron chi connectivity index (χ1n) is 6.12. The van der Waals surface area contributed by atoms with Crippen LogP contribution in [-0.2, 0) is 0 Å². The fourth-order valence-corrected chi connectivity index (χ4v) is 3.37. The minimum atomic E-state index is -0.490. The first-order valence-corrected chi connectivity index (χ1v) is 7.64. The third-order valence-electron chi connectivity index (χ3n) is 3.34. The highest BCUT2D eigenvalue weighted by Gasteiger charge is 2.37. The Labute approximate surface area is 146 Å². The van der Waals surface area contributed by atoms with E-state index in [9.17, 15) is 9.90 Å². The number of aliphatic hydroxyl groups excluding tert-OH is 1. The zero-order valence-corrected chi connectivity index (χ0v) is 14.1. The van der Waals surface area contributed by atoms with E-state index in [-0.39, 0.29) is 42.5 Å². The zero-order valence-electron chi connectivity index (χ0n) is 11.0. The first-order chi connectivity index (χ1) is 10.3. The Morgan fingerprint density at radius 2 is 1.55 bits per heavy atom. The molecular weight excluding hydrogens is 368 g/mol. The van der Waals surface area contributed by atoms with Gasteiger partial charge in [-0.1, -0.05) is 52.5 Å².